The number of ether oxygens (including phenoxy) is 2. The second kappa shape index (κ2) is 6.77. The molecule has 0 radical (unpaired) electrons. The molecule has 1 spiro atoms. The minimum absolute atomic E-state index is 0.0813. The van der Waals surface area contributed by atoms with Gasteiger partial charge in [0.15, 0.2) is 0 Å². The first kappa shape index (κ1) is 16.1. The Morgan fingerprint density at radius 3 is 2.52 bits per heavy atom. The van der Waals surface area contributed by atoms with Crippen molar-refractivity contribution >= 4 is 43.5 Å². The van der Waals surface area contributed by atoms with Crippen molar-refractivity contribution in [1.82, 2.24) is 0 Å². The third-order valence-corrected chi connectivity index (χ3v) is 5.95. The highest BCUT2D eigenvalue weighted by atomic mass is 79.9. The second-order valence-electron chi connectivity index (χ2n) is 5.99. The molecule has 21 heavy (non-hydrogen) atoms. The van der Waals surface area contributed by atoms with Gasteiger partial charge in [-0.1, -0.05) is 12.8 Å². The third-order valence-electron chi connectivity index (χ3n) is 4.46. The average molecular weight is 439 g/mol. The lowest BCUT2D eigenvalue weighted by Gasteiger charge is -2.38. The molecule has 0 bridgehead atoms. The second-order valence-corrected chi connectivity index (χ2v) is 7.97. The van der Waals surface area contributed by atoms with Crippen LogP contribution in [0.15, 0.2) is 21.1 Å². The van der Waals surface area contributed by atoms with Crippen LogP contribution in [0, 0.1) is 0 Å². The molecule has 5 heteroatoms. The summed E-state index contributed by atoms with van der Waals surface area (Å²) in [6.07, 6.45) is 7.11. The maximum atomic E-state index is 6.29. The largest absolute Gasteiger partial charge is 0.488 e. The lowest BCUT2D eigenvalue weighted by molar-refractivity contribution is -0.108. The topological polar surface area (TPSA) is 18.5 Å². The van der Waals surface area contributed by atoms with Crippen LogP contribution in [0.25, 0.3) is 0 Å². The van der Waals surface area contributed by atoms with Gasteiger partial charge >= 0.3 is 0 Å². The molecule has 0 N–H and O–H groups in total. The maximum absolute atomic E-state index is 6.29. The van der Waals surface area contributed by atoms with E-state index >= 15 is 0 Å². The Morgan fingerprint density at radius 1 is 1.24 bits per heavy atom. The van der Waals surface area contributed by atoms with Crippen molar-refractivity contribution in [2.45, 2.75) is 56.1 Å². The number of halogens is 3. The van der Waals surface area contributed by atoms with Crippen molar-refractivity contribution in [2.75, 3.05) is 6.61 Å². The maximum Gasteiger partial charge on any atom is 0.148 e. The molecule has 1 aliphatic carbocycles. The molecule has 3 rings (SSSR count). The summed E-state index contributed by atoms with van der Waals surface area (Å²) in [4.78, 5) is 0. The summed E-state index contributed by atoms with van der Waals surface area (Å²) in [7, 11) is 0. The van der Waals surface area contributed by atoms with Crippen LogP contribution in [0.1, 0.15) is 44.1 Å². The molecule has 1 unspecified atom stereocenters. The fourth-order valence-electron chi connectivity index (χ4n) is 3.42. The molecule has 1 heterocycles. The highest BCUT2D eigenvalue weighted by Gasteiger charge is 2.40. The van der Waals surface area contributed by atoms with Crippen molar-refractivity contribution < 1.29 is 9.47 Å². The summed E-state index contributed by atoms with van der Waals surface area (Å²) < 4.78 is 14.3. The fraction of sp³-hybridized carbons (Fsp3) is 0.625. The molecule has 2 aliphatic rings. The Balaban J connectivity index is 1.74. The van der Waals surface area contributed by atoms with Crippen LogP contribution >= 0.6 is 43.5 Å². The van der Waals surface area contributed by atoms with Crippen molar-refractivity contribution in [3.05, 3.63) is 26.6 Å². The Kier molecular flexibility index (Phi) is 5.19. The molecule has 116 valence electrons. The smallest absolute Gasteiger partial charge is 0.148 e. The Morgan fingerprint density at radius 2 is 1.90 bits per heavy atom. The van der Waals surface area contributed by atoms with Crippen molar-refractivity contribution in [3.63, 3.8) is 0 Å². The zero-order valence-electron chi connectivity index (χ0n) is 11.8. The Hall–Kier alpha value is 0.230. The van der Waals surface area contributed by atoms with Gasteiger partial charge in [-0.05, 0) is 62.4 Å². The van der Waals surface area contributed by atoms with Crippen LogP contribution in [-0.2, 0) is 10.6 Å². The molecule has 2 fully saturated rings. The molecule has 1 saturated heterocycles. The van der Waals surface area contributed by atoms with E-state index in [2.05, 4.69) is 31.9 Å². The fourth-order valence-corrected chi connectivity index (χ4v) is 5.04. The van der Waals surface area contributed by atoms with E-state index in [0.29, 0.717) is 5.88 Å². The van der Waals surface area contributed by atoms with Gasteiger partial charge in [-0.3, -0.25) is 0 Å². The number of hydrogen-bond donors (Lipinski definition) is 0. The minimum atomic E-state index is 0.0813. The van der Waals surface area contributed by atoms with E-state index in [4.69, 9.17) is 21.1 Å². The van der Waals surface area contributed by atoms with Crippen LogP contribution in [-0.4, -0.2) is 18.3 Å². The van der Waals surface area contributed by atoms with Crippen LogP contribution in [0.3, 0.4) is 0 Å². The number of rotatable bonds is 3. The third kappa shape index (κ3) is 3.60. The summed E-state index contributed by atoms with van der Waals surface area (Å²) in [6.45, 7) is 0.805. The van der Waals surface area contributed by atoms with Crippen molar-refractivity contribution in [1.29, 1.82) is 0 Å². The highest BCUT2D eigenvalue weighted by molar-refractivity contribution is 9.11. The normalized spacial score (nSPS) is 24.4. The van der Waals surface area contributed by atoms with Gasteiger partial charge in [0.2, 0.25) is 0 Å². The SMILES string of the molecule is ClCc1cc(Br)c(OC2CCOC3(CCCC3)C2)c(Br)c1. The lowest BCUT2D eigenvalue weighted by atomic mass is 9.90. The van der Waals surface area contributed by atoms with Gasteiger partial charge < -0.3 is 9.47 Å². The van der Waals surface area contributed by atoms with Gasteiger partial charge in [0.1, 0.15) is 11.9 Å². The van der Waals surface area contributed by atoms with Gasteiger partial charge in [0.05, 0.1) is 21.2 Å². The quantitative estimate of drug-likeness (QED) is 0.554. The average Bonchev–Trinajstić information content (AvgIpc) is 2.90. The van der Waals surface area contributed by atoms with Gasteiger partial charge in [0, 0.05) is 18.7 Å². The zero-order valence-corrected chi connectivity index (χ0v) is 15.8. The predicted octanol–water partition coefficient (Wildman–Crippen LogP) is 5.82. The van der Waals surface area contributed by atoms with Crippen LogP contribution < -0.4 is 4.74 Å². The first-order chi connectivity index (χ1) is 10.1. The molecular weight excluding hydrogens is 419 g/mol. The zero-order chi connectivity index (χ0) is 14.9. The highest BCUT2D eigenvalue weighted by Crippen LogP contribution is 2.43. The van der Waals surface area contributed by atoms with Crippen LogP contribution in [0.4, 0.5) is 0 Å². The van der Waals surface area contributed by atoms with Gasteiger partial charge in [-0.15, -0.1) is 11.6 Å². The van der Waals surface area contributed by atoms with Crippen molar-refractivity contribution in [2.24, 2.45) is 0 Å². The van der Waals surface area contributed by atoms with E-state index in [-0.39, 0.29) is 11.7 Å². The molecule has 0 amide bonds. The standard InChI is InChI=1S/C16H19Br2ClO2/c17-13-7-11(10-19)8-14(18)15(13)21-12-3-6-20-16(9-12)4-1-2-5-16/h7-8,12H,1-6,9-10H2. The van der Waals surface area contributed by atoms with Gasteiger partial charge in [-0.2, -0.15) is 0 Å². The number of benzene rings is 1. The van der Waals surface area contributed by atoms with E-state index < -0.39 is 0 Å². The number of hydrogen-bond acceptors (Lipinski definition) is 2. The minimum Gasteiger partial charge on any atom is -0.488 e. The van der Waals surface area contributed by atoms with E-state index in [1.807, 2.05) is 12.1 Å². The van der Waals surface area contributed by atoms with Crippen LogP contribution in [0.2, 0.25) is 0 Å². The molecule has 0 aromatic heterocycles. The Labute approximate surface area is 147 Å². The summed E-state index contributed by atoms with van der Waals surface area (Å²) in [5, 5.41) is 0. The number of alkyl halides is 1. The van der Waals surface area contributed by atoms with E-state index in [9.17, 15) is 0 Å². The molecule has 1 aromatic carbocycles. The van der Waals surface area contributed by atoms with Crippen LogP contribution in [0.5, 0.6) is 5.75 Å². The first-order valence-corrected chi connectivity index (χ1v) is 9.58. The van der Waals surface area contributed by atoms with Gasteiger partial charge in [-0.25, -0.2) is 0 Å². The summed E-state index contributed by atoms with van der Waals surface area (Å²) in [5.74, 6) is 1.38. The summed E-state index contributed by atoms with van der Waals surface area (Å²) in [6, 6.07) is 4.05. The van der Waals surface area contributed by atoms with E-state index in [0.717, 1.165) is 39.7 Å². The predicted molar refractivity (Wildman–Crippen MR) is 92.2 cm³/mol. The molecule has 1 saturated carbocycles. The summed E-state index contributed by atoms with van der Waals surface area (Å²) >= 11 is 13.1. The monoisotopic (exact) mass is 436 g/mol. The molecule has 1 aliphatic heterocycles. The first-order valence-electron chi connectivity index (χ1n) is 7.46. The molecule has 2 nitrogen and oxygen atoms in total. The van der Waals surface area contributed by atoms with Gasteiger partial charge in [0.25, 0.3) is 0 Å². The molecular formula is C16H19Br2ClO2. The van der Waals surface area contributed by atoms with E-state index in [1.54, 1.807) is 0 Å². The van der Waals surface area contributed by atoms with Crippen molar-refractivity contribution in [3.8, 4) is 5.75 Å². The molecule has 1 aromatic rings. The Bertz CT molecular complexity index is 492. The molecule has 1 atom stereocenters. The van der Waals surface area contributed by atoms with E-state index in [1.165, 1.54) is 25.7 Å². The summed E-state index contributed by atoms with van der Waals surface area (Å²) in [5.41, 5.74) is 1.15. The lowest BCUT2D eigenvalue weighted by Crippen LogP contribution is -2.41.